The number of ether oxygens (including phenoxy) is 1. The van der Waals surface area contributed by atoms with Gasteiger partial charge in [-0.05, 0) is 20.4 Å². The van der Waals surface area contributed by atoms with Gasteiger partial charge in [-0.3, -0.25) is 0 Å². The first-order chi connectivity index (χ1) is 5.23. The summed E-state index contributed by atoms with van der Waals surface area (Å²) in [4.78, 5) is 0. The lowest BCUT2D eigenvalue weighted by atomic mass is 9.86. The predicted octanol–water partition coefficient (Wildman–Crippen LogP) is 0.525. The molecule has 0 spiro atoms. The topological polar surface area (TPSA) is 45.0 Å². The molecular weight excluding hydrogens is 140 g/mol. The highest BCUT2D eigenvalue weighted by Gasteiger charge is 2.35. The average molecular weight is 154 g/mol. The largest absolute Gasteiger partial charge is 0.381 e. The van der Waals surface area contributed by atoms with Crippen molar-refractivity contribution in [1.29, 1.82) is 5.26 Å². The smallest absolute Gasteiger partial charge is 0.108 e. The first kappa shape index (κ1) is 8.51. The molecule has 0 aromatic rings. The predicted molar refractivity (Wildman–Crippen MR) is 42.0 cm³/mol. The summed E-state index contributed by atoms with van der Waals surface area (Å²) < 4.78 is 5.22. The van der Waals surface area contributed by atoms with E-state index in [1.807, 2.05) is 14.0 Å². The maximum absolute atomic E-state index is 8.88. The molecule has 1 saturated heterocycles. The third-order valence-corrected chi connectivity index (χ3v) is 2.50. The summed E-state index contributed by atoms with van der Waals surface area (Å²) in [7, 11) is 1.82. The minimum absolute atomic E-state index is 0.345. The van der Waals surface area contributed by atoms with Gasteiger partial charge in [-0.1, -0.05) is 0 Å². The molecule has 0 aromatic heterocycles. The van der Waals surface area contributed by atoms with Crippen LogP contribution in [0, 0.1) is 17.2 Å². The van der Waals surface area contributed by atoms with Crippen molar-refractivity contribution >= 4 is 0 Å². The van der Waals surface area contributed by atoms with Crippen LogP contribution in [0.2, 0.25) is 0 Å². The second kappa shape index (κ2) is 3.21. The number of hydrogen-bond donors (Lipinski definition) is 1. The molecule has 1 aliphatic heterocycles. The second-order valence-corrected chi connectivity index (χ2v) is 3.12. The van der Waals surface area contributed by atoms with Crippen LogP contribution in [0.15, 0.2) is 0 Å². The van der Waals surface area contributed by atoms with Crippen LogP contribution in [0.4, 0.5) is 0 Å². The molecular formula is C8H14N2O. The molecule has 0 aliphatic carbocycles. The van der Waals surface area contributed by atoms with Gasteiger partial charge in [0.15, 0.2) is 0 Å². The zero-order chi connectivity index (χ0) is 8.32. The summed E-state index contributed by atoms with van der Waals surface area (Å²) in [6, 6.07) is 2.28. The van der Waals surface area contributed by atoms with E-state index in [4.69, 9.17) is 10.00 Å². The minimum atomic E-state index is -0.406. The molecule has 0 bridgehead atoms. The molecule has 1 N–H and O–H groups in total. The van der Waals surface area contributed by atoms with Gasteiger partial charge in [0.2, 0.25) is 0 Å². The maximum Gasteiger partial charge on any atom is 0.108 e. The quantitative estimate of drug-likeness (QED) is 0.631. The molecule has 0 radical (unpaired) electrons. The normalized spacial score (nSPS) is 29.4. The molecule has 0 amide bonds. The zero-order valence-corrected chi connectivity index (χ0v) is 7.05. The lowest BCUT2D eigenvalue weighted by Gasteiger charge is -2.26. The lowest BCUT2D eigenvalue weighted by Crippen LogP contribution is -2.45. The van der Waals surface area contributed by atoms with Crippen LogP contribution >= 0.6 is 0 Å². The molecule has 62 valence electrons. The molecule has 3 heteroatoms. The number of nitrogens with one attached hydrogen (secondary N) is 1. The number of nitriles is 1. The summed E-state index contributed by atoms with van der Waals surface area (Å²) in [6.45, 7) is 3.43. The summed E-state index contributed by atoms with van der Waals surface area (Å²) in [6.07, 6.45) is 0.991. The molecule has 0 aromatic carbocycles. The fourth-order valence-electron chi connectivity index (χ4n) is 1.34. The highest BCUT2D eigenvalue weighted by Crippen LogP contribution is 2.24. The van der Waals surface area contributed by atoms with Crippen molar-refractivity contribution in [2.45, 2.75) is 18.9 Å². The summed E-state index contributed by atoms with van der Waals surface area (Å²) in [5.41, 5.74) is -0.406. The zero-order valence-electron chi connectivity index (χ0n) is 7.05. The fraction of sp³-hybridized carbons (Fsp3) is 0.875. The van der Waals surface area contributed by atoms with Gasteiger partial charge in [-0.25, -0.2) is 0 Å². The van der Waals surface area contributed by atoms with Gasteiger partial charge in [0.1, 0.15) is 5.54 Å². The third-order valence-electron chi connectivity index (χ3n) is 2.50. The standard InChI is InChI=1S/C8H14N2O/c1-8(6-9,10-2)7-3-4-11-5-7/h7,10H,3-5H2,1-2H3. The van der Waals surface area contributed by atoms with Gasteiger partial charge >= 0.3 is 0 Å². The van der Waals surface area contributed by atoms with Crippen molar-refractivity contribution in [2.24, 2.45) is 5.92 Å². The molecule has 0 saturated carbocycles. The van der Waals surface area contributed by atoms with Crippen molar-refractivity contribution in [3.05, 3.63) is 0 Å². The maximum atomic E-state index is 8.88. The van der Waals surface area contributed by atoms with Gasteiger partial charge < -0.3 is 10.1 Å². The first-order valence-electron chi connectivity index (χ1n) is 3.91. The first-order valence-corrected chi connectivity index (χ1v) is 3.91. The Bertz CT molecular complexity index is 169. The van der Waals surface area contributed by atoms with E-state index < -0.39 is 5.54 Å². The monoisotopic (exact) mass is 154 g/mol. The Labute approximate surface area is 67.3 Å². The Morgan fingerprint density at radius 3 is 2.82 bits per heavy atom. The van der Waals surface area contributed by atoms with Crippen LogP contribution in [0.1, 0.15) is 13.3 Å². The Kier molecular flexibility index (Phi) is 2.48. The number of hydrogen-bond acceptors (Lipinski definition) is 3. The van der Waals surface area contributed by atoms with Crippen molar-refractivity contribution < 1.29 is 4.74 Å². The molecule has 2 unspecified atom stereocenters. The van der Waals surface area contributed by atoms with Crippen molar-refractivity contribution in [3.8, 4) is 6.07 Å². The van der Waals surface area contributed by atoms with Gasteiger partial charge in [-0.2, -0.15) is 5.26 Å². The molecule has 2 atom stereocenters. The molecule has 3 nitrogen and oxygen atoms in total. The second-order valence-electron chi connectivity index (χ2n) is 3.12. The van der Waals surface area contributed by atoms with Gasteiger partial charge in [0, 0.05) is 12.5 Å². The van der Waals surface area contributed by atoms with Gasteiger partial charge in [-0.15, -0.1) is 0 Å². The van der Waals surface area contributed by atoms with E-state index in [0.717, 1.165) is 13.0 Å². The van der Waals surface area contributed by atoms with Crippen LogP contribution in [0.5, 0.6) is 0 Å². The SMILES string of the molecule is CNC(C)(C#N)C1CCOC1. The van der Waals surface area contributed by atoms with E-state index in [1.165, 1.54) is 0 Å². The Balaban J connectivity index is 2.61. The molecule has 11 heavy (non-hydrogen) atoms. The summed E-state index contributed by atoms with van der Waals surface area (Å²) in [5.74, 6) is 0.345. The van der Waals surface area contributed by atoms with E-state index >= 15 is 0 Å². The lowest BCUT2D eigenvalue weighted by molar-refractivity contribution is 0.170. The highest BCUT2D eigenvalue weighted by molar-refractivity contribution is 5.08. The van der Waals surface area contributed by atoms with Crippen LogP contribution in [0.25, 0.3) is 0 Å². The highest BCUT2D eigenvalue weighted by atomic mass is 16.5. The summed E-state index contributed by atoms with van der Waals surface area (Å²) >= 11 is 0. The minimum Gasteiger partial charge on any atom is -0.381 e. The van der Waals surface area contributed by atoms with E-state index in [9.17, 15) is 0 Å². The Hall–Kier alpha value is -0.590. The molecule has 1 fully saturated rings. The van der Waals surface area contributed by atoms with E-state index in [0.29, 0.717) is 12.5 Å². The van der Waals surface area contributed by atoms with Crippen LogP contribution in [-0.2, 0) is 4.74 Å². The molecule has 1 heterocycles. The Morgan fingerprint density at radius 2 is 2.45 bits per heavy atom. The van der Waals surface area contributed by atoms with Gasteiger partial charge in [0.05, 0.1) is 12.7 Å². The Morgan fingerprint density at radius 1 is 1.73 bits per heavy atom. The van der Waals surface area contributed by atoms with E-state index in [-0.39, 0.29) is 0 Å². The van der Waals surface area contributed by atoms with Crippen LogP contribution in [0.3, 0.4) is 0 Å². The molecule has 1 rings (SSSR count). The van der Waals surface area contributed by atoms with Crippen LogP contribution in [-0.4, -0.2) is 25.8 Å². The van der Waals surface area contributed by atoms with Crippen molar-refractivity contribution in [3.63, 3.8) is 0 Å². The number of nitrogens with zero attached hydrogens (tertiary/aromatic N) is 1. The fourth-order valence-corrected chi connectivity index (χ4v) is 1.34. The third kappa shape index (κ3) is 1.52. The van der Waals surface area contributed by atoms with E-state index in [1.54, 1.807) is 0 Å². The van der Waals surface area contributed by atoms with Crippen LogP contribution < -0.4 is 5.32 Å². The summed E-state index contributed by atoms with van der Waals surface area (Å²) in [5, 5.41) is 11.9. The van der Waals surface area contributed by atoms with Crippen molar-refractivity contribution in [1.82, 2.24) is 5.32 Å². The number of rotatable bonds is 2. The van der Waals surface area contributed by atoms with Gasteiger partial charge in [0.25, 0.3) is 0 Å². The average Bonchev–Trinajstić information content (AvgIpc) is 2.55. The van der Waals surface area contributed by atoms with E-state index in [2.05, 4.69) is 11.4 Å². The van der Waals surface area contributed by atoms with Crippen molar-refractivity contribution in [2.75, 3.05) is 20.3 Å². The molecule has 1 aliphatic rings.